The Kier molecular flexibility index (Phi) is 9.16. The second-order valence-corrected chi connectivity index (χ2v) is 19.9. The molecule has 0 aromatic heterocycles. The van der Waals surface area contributed by atoms with Crippen molar-refractivity contribution in [2.24, 2.45) is 0 Å². The van der Waals surface area contributed by atoms with Gasteiger partial charge in [-0.1, -0.05) is 47.6 Å². The quantitative estimate of drug-likeness (QED) is 0.538. The molecule has 1 aromatic carbocycles. The summed E-state index contributed by atoms with van der Waals surface area (Å²) in [7, 11) is -4.14. The van der Waals surface area contributed by atoms with Gasteiger partial charge in [-0.05, 0) is 60.9 Å². The molecule has 1 aromatic rings. The number of hydrogen-bond acceptors (Lipinski definition) is 3. The Hall–Kier alpha value is -0.276. The summed E-state index contributed by atoms with van der Waals surface area (Å²) in [6.07, 6.45) is 0. The third-order valence-electron chi connectivity index (χ3n) is 6.18. The van der Waals surface area contributed by atoms with Crippen LogP contribution in [-0.4, -0.2) is 57.3 Å². The molecule has 0 aliphatic carbocycles. The zero-order chi connectivity index (χ0) is 21.4. The second-order valence-electron chi connectivity index (χ2n) is 10.5. The van der Waals surface area contributed by atoms with Crippen molar-refractivity contribution in [1.82, 2.24) is 0 Å². The van der Waals surface area contributed by atoms with Crippen molar-refractivity contribution in [3.63, 3.8) is 0 Å². The molecule has 1 rings (SSSR count). The molecule has 0 aliphatic rings. The number of carboxylic acid groups (broad SMARTS) is 1. The minimum absolute atomic E-state index is 0. The summed E-state index contributed by atoms with van der Waals surface area (Å²) >= 11 is 0. The van der Waals surface area contributed by atoms with Crippen LogP contribution in [0.4, 0.5) is 0 Å². The summed E-state index contributed by atoms with van der Waals surface area (Å²) in [6, 6.07) is 5.60. The molecule has 0 saturated heterocycles. The van der Waals surface area contributed by atoms with Crippen molar-refractivity contribution in [3.05, 3.63) is 23.8 Å². The maximum Gasteiger partial charge on any atom is 0.310 e. The van der Waals surface area contributed by atoms with Gasteiger partial charge in [-0.2, -0.15) is 0 Å². The van der Waals surface area contributed by atoms with Crippen molar-refractivity contribution in [2.75, 3.05) is 0 Å². The molecule has 0 spiro atoms. The van der Waals surface area contributed by atoms with Gasteiger partial charge in [0.25, 0.3) is 16.6 Å². The van der Waals surface area contributed by atoms with Gasteiger partial charge in [-0.15, -0.1) is 0 Å². The second kappa shape index (κ2) is 9.25. The van der Waals surface area contributed by atoms with Crippen LogP contribution in [0, 0.1) is 0 Å². The summed E-state index contributed by atoms with van der Waals surface area (Å²) < 4.78 is 13.1. The molecule has 1 N–H and O–H groups in total. The average Bonchev–Trinajstić information content (AvgIpc) is 2.45. The monoisotopic (exact) mass is 433 g/mol. The summed E-state index contributed by atoms with van der Waals surface area (Å²) in [5, 5.41) is 9.50. The molecule has 155 valence electrons. The van der Waals surface area contributed by atoms with Crippen LogP contribution in [0.1, 0.15) is 59.9 Å². The fourth-order valence-electron chi connectivity index (χ4n) is 1.96. The topological polar surface area (TPSA) is 55.8 Å². The van der Waals surface area contributed by atoms with E-state index in [1.807, 2.05) is 18.2 Å². The van der Waals surface area contributed by atoms with Crippen LogP contribution in [-0.2, 0) is 4.79 Å². The van der Waals surface area contributed by atoms with Gasteiger partial charge in [0.15, 0.2) is 0 Å². The zero-order valence-electron chi connectivity index (χ0n) is 20.0. The summed E-state index contributed by atoms with van der Waals surface area (Å²) in [5.74, 6) is -0.0233. The predicted molar refractivity (Wildman–Crippen MR) is 124 cm³/mol. The molecular formula is C21H38NaO4Si2. The predicted octanol–water partition coefficient (Wildman–Crippen LogP) is 6.26. The van der Waals surface area contributed by atoms with Gasteiger partial charge in [-0.3, -0.25) is 4.79 Å². The van der Waals surface area contributed by atoms with Crippen LogP contribution in [0.5, 0.6) is 11.5 Å². The van der Waals surface area contributed by atoms with Gasteiger partial charge < -0.3 is 14.0 Å². The van der Waals surface area contributed by atoms with Gasteiger partial charge in [0.05, 0.1) is 5.92 Å². The SMILES string of the molecule is CC(C(=O)O)c1ccc(O[Si](C)(C)C(C)(C)C)c(O[Si](C)(C)C(C)(C)C)c1.[Na]. The van der Waals surface area contributed by atoms with E-state index in [2.05, 4.69) is 67.7 Å². The van der Waals surface area contributed by atoms with Crippen molar-refractivity contribution < 1.29 is 18.8 Å². The third kappa shape index (κ3) is 6.62. The molecule has 7 heteroatoms. The molecule has 1 radical (unpaired) electrons. The average molecular weight is 434 g/mol. The van der Waals surface area contributed by atoms with Gasteiger partial charge in [0, 0.05) is 29.6 Å². The van der Waals surface area contributed by atoms with Gasteiger partial charge in [0.2, 0.25) is 0 Å². The maximum absolute atomic E-state index is 11.4. The zero-order valence-corrected chi connectivity index (χ0v) is 24.0. The molecule has 28 heavy (non-hydrogen) atoms. The van der Waals surface area contributed by atoms with Crippen LogP contribution in [0.25, 0.3) is 0 Å². The van der Waals surface area contributed by atoms with E-state index in [4.69, 9.17) is 8.85 Å². The fourth-order valence-corrected chi connectivity index (χ4v) is 4.00. The first-order valence-corrected chi connectivity index (χ1v) is 15.5. The largest absolute Gasteiger partial charge is 0.541 e. The first-order chi connectivity index (χ1) is 11.9. The molecule has 0 bridgehead atoms. The number of aliphatic carboxylic acids is 1. The van der Waals surface area contributed by atoms with Crippen molar-refractivity contribution in [3.8, 4) is 11.5 Å². The van der Waals surface area contributed by atoms with E-state index < -0.39 is 28.5 Å². The van der Waals surface area contributed by atoms with E-state index in [-0.39, 0.29) is 39.6 Å². The smallest absolute Gasteiger partial charge is 0.310 e. The van der Waals surface area contributed by atoms with Crippen LogP contribution >= 0.6 is 0 Å². The Bertz CT molecular complexity index is 689. The maximum atomic E-state index is 11.4. The Balaban J connectivity index is 0.00000729. The van der Waals surface area contributed by atoms with Gasteiger partial charge in [-0.25, -0.2) is 0 Å². The first kappa shape index (κ1) is 27.7. The molecule has 0 amide bonds. The van der Waals surface area contributed by atoms with E-state index in [0.29, 0.717) is 5.75 Å². The Morgan fingerprint density at radius 1 is 0.893 bits per heavy atom. The van der Waals surface area contributed by atoms with Crippen molar-refractivity contribution in [1.29, 1.82) is 0 Å². The number of hydrogen-bond donors (Lipinski definition) is 1. The number of carboxylic acids is 1. The van der Waals surface area contributed by atoms with Crippen molar-refractivity contribution in [2.45, 2.75) is 90.6 Å². The molecule has 1 unspecified atom stereocenters. The Morgan fingerprint density at radius 3 is 1.64 bits per heavy atom. The normalized spacial score (nSPS) is 14.1. The molecular weight excluding hydrogens is 395 g/mol. The number of rotatable bonds is 6. The molecule has 1 atom stereocenters. The summed E-state index contributed by atoms with van der Waals surface area (Å²) in [6.45, 7) is 23.7. The van der Waals surface area contributed by atoms with E-state index in [1.54, 1.807) is 6.92 Å². The van der Waals surface area contributed by atoms with E-state index >= 15 is 0 Å². The molecule has 4 nitrogen and oxygen atoms in total. The first-order valence-electron chi connectivity index (χ1n) is 9.64. The van der Waals surface area contributed by atoms with Crippen LogP contribution < -0.4 is 8.85 Å². The van der Waals surface area contributed by atoms with Crippen LogP contribution in [0.2, 0.25) is 36.3 Å². The van der Waals surface area contributed by atoms with Gasteiger partial charge in [0.1, 0.15) is 11.5 Å². The minimum Gasteiger partial charge on any atom is -0.541 e. The third-order valence-corrected chi connectivity index (χ3v) is 14.9. The number of benzene rings is 1. The standard InChI is InChI=1S/C21H38O4Si2.Na/c1-15(19(22)23)16-12-13-17(24-26(8,9)20(2,3)4)18(14-16)25-27(10,11)21(5,6)7;/h12-15H,1-11H3,(H,22,23);. The minimum atomic E-state index is -2.10. The Labute approximate surface area is 196 Å². The molecule has 0 heterocycles. The van der Waals surface area contributed by atoms with E-state index in [9.17, 15) is 9.90 Å². The number of carbonyl (C=O) groups is 1. The van der Waals surface area contributed by atoms with E-state index in [0.717, 1.165) is 11.3 Å². The van der Waals surface area contributed by atoms with E-state index in [1.165, 1.54) is 0 Å². The summed E-state index contributed by atoms with van der Waals surface area (Å²) in [5.41, 5.74) is 0.735. The molecule has 0 fully saturated rings. The van der Waals surface area contributed by atoms with Crippen molar-refractivity contribution >= 4 is 52.2 Å². The van der Waals surface area contributed by atoms with Crippen LogP contribution in [0.3, 0.4) is 0 Å². The summed E-state index contributed by atoms with van der Waals surface area (Å²) in [4.78, 5) is 11.4. The molecule has 0 saturated carbocycles. The van der Waals surface area contributed by atoms with Crippen LogP contribution in [0.15, 0.2) is 18.2 Å². The Morgan fingerprint density at radius 2 is 1.29 bits per heavy atom. The van der Waals surface area contributed by atoms with Gasteiger partial charge >= 0.3 is 5.97 Å². The molecule has 0 aliphatic heterocycles. The fraction of sp³-hybridized carbons (Fsp3) is 0.667.